The van der Waals surface area contributed by atoms with Gasteiger partial charge in [-0.3, -0.25) is 4.79 Å². The number of hydrogen-bond acceptors (Lipinski definition) is 5. The second kappa shape index (κ2) is 8.71. The Bertz CT molecular complexity index is 877. The Kier molecular flexibility index (Phi) is 6.63. The molecule has 0 heterocycles. The molecule has 0 bridgehead atoms. The molecule has 0 aliphatic rings. The van der Waals surface area contributed by atoms with Crippen LogP contribution in [0.1, 0.15) is 30.6 Å². The van der Waals surface area contributed by atoms with Crippen molar-refractivity contribution in [2.75, 3.05) is 24.8 Å². The van der Waals surface area contributed by atoms with Gasteiger partial charge in [-0.25, -0.2) is 8.42 Å². The van der Waals surface area contributed by atoms with Crippen molar-refractivity contribution >= 4 is 21.4 Å². The third-order valence-corrected chi connectivity index (χ3v) is 4.66. The Hall–Kier alpha value is -2.54. The molecule has 1 amide bonds. The van der Waals surface area contributed by atoms with Gasteiger partial charge in [-0.2, -0.15) is 0 Å². The first-order chi connectivity index (χ1) is 12.4. The van der Waals surface area contributed by atoms with Crippen LogP contribution in [0.5, 0.6) is 11.5 Å². The van der Waals surface area contributed by atoms with Crippen molar-refractivity contribution < 1.29 is 22.7 Å². The van der Waals surface area contributed by atoms with Gasteiger partial charge in [0.15, 0.2) is 21.3 Å². The van der Waals surface area contributed by atoms with Crippen LogP contribution in [0.4, 0.5) is 5.69 Å². The van der Waals surface area contributed by atoms with Crippen molar-refractivity contribution in [2.45, 2.75) is 25.2 Å². The number of nitrogens with one attached hydrogen (secondary N) is 1. The minimum absolute atomic E-state index is 0.0706. The van der Waals surface area contributed by atoms with E-state index in [0.717, 1.165) is 12.7 Å². The number of benzene rings is 2. The summed E-state index contributed by atoms with van der Waals surface area (Å²) >= 11 is 0. The van der Waals surface area contributed by atoms with Gasteiger partial charge < -0.3 is 14.8 Å². The van der Waals surface area contributed by atoms with E-state index in [2.05, 4.69) is 5.32 Å². The molecule has 2 rings (SSSR count). The van der Waals surface area contributed by atoms with Crippen LogP contribution in [0.2, 0.25) is 0 Å². The van der Waals surface area contributed by atoms with E-state index < -0.39 is 15.7 Å². The van der Waals surface area contributed by atoms with E-state index in [-0.39, 0.29) is 10.6 Å². The summed E-state index contributed by atoms with van der Waals surface area (Å²) in [4.78, 5) is 12.6. The molecule has 0 unspecified atom stereocenters. The molecule has 0 saturated carbocycles. The van der Waals surface area contributed by atoms with Gasteiger partial charge in [-0.1, -0.05) is 19.1 Å². The van der Waals surface area contributed by atoms with Crippen LogP contribution in [0, 0.1) is 0 Å². The van der Waals surface area contributed by atoms with Gasteiger partial charge in [0, 0.05) is 11.8 Å². The smallest absolute Gasteiger partial charge is 0.255 e. The largest absolute Gasteiger partial charge is 0.490 e. The summed E-state index contributed by atoms with van der Waals surface area (Å²) in [5.74, 6) is 0.621. The molecule has 6 nitrogen and oxygen atoms in total. The summed E-state index contributed by atoms with van der Waals surface area (Å²) < 4.78 is 34.9. The van der Waals surface area contributed by atoms with Crippen LogP contribution < -0.4 is 14.8 Å². The minimum atomic E-state index is -3.45. The highest BCUT2D eigenvalue weighted by molar-refractivity contribution is 7.90. The second-order valence-electron chi connectivity index (χ2n) is 5.67. The summed E-state index contributed by atoms with van der Waals surface area (Å²) in [6, 6.07) is 11.2. The lowest BCUT2D eigenvalue weighted by Gasteiger charge is -2.14. The number of para-hydroxylation sites is 1. The zero-order chi connectivity index (χ0) is 19.2. The molecule has 0 aliphatic heterocycles. The number of carbonyl (C=O) groups is 1. The molecule has 2 aromatic rings. The first-order valence-corrected chi connectivity index (χ1v) is 10.3. The molecule has 0 spiro atoms. The topological polar surface area (TPSA) is 81.7 Å². The molecule has 1 N–H and O–H groups in total. The van der Waals surface area contributed by atoms with Crippen LogP contribution in [0.15, 0.2) is 47.4 Å². The molecule has 2 aromatic carbocycles. The first-order valence-electron chi connectivity index (χ1n) is 8.37. The zero-order valence-electron chi connectivity index (χ0n) is 15.1. The zero-order valence-corrected chi connectivity index (χ0v) is 15.9. The lowest BCUT2D eigenvalue weighted by atomic mass is 10.1. The number of amides is 1. The molecule has 7 heteroatoms. The summed E-state index contributed by atoms with van der Waals surface area (Å²) in [5.41, 5.74) is 0.588. The van der Waals surface area contributed by atoms with Gasteiger partial charge in [-0.05, 0) is 43.7 Å². The monoisotopic (exact) mass is 377 g/mol. The van der Waals surface area contributed by atoms with Gasteiger partial charge in [0.2, 0.25) is 0 Å². The number of carbonyl (C=O) groups excluding carboxylic acids is 1. The lowest BCUT2D eigenvalue weighted by Crippen LogP contribution is -2.15. The maximum Gasteiger partial charge on any atom is 0.255 e. The van der Waals surface area contributed by atoms with Crippen LogP contribution in [-0.2, 0) is 9.84 Å². The Labute approximate surface area is 154 Å². The fourth-order valence-corrected chi connectivity index (χ4v) is 3.18. The quantitative estimate of drug-likeness (QED) is 0.761. The number of sulfone groups is 1. The van der Waals surface area contributed by atoms with Crippen LogP contribution >= 0.6 is 0 Å². The summed E-state index contributed by atoms with van der Waals surface area (Å²) in [6.45, 7) is 4.83. The fraction of sp³-hybridized carbons (Fsp3) is 0.316. The highest BCUT2D eigenvalue weighted by Gasteiger charge is 2.17. The maximum atomic E-state index is 12.6. The van der Waals surface area contributed by atoms with E-state index >= 15 is 0 Å². The van der Waals surface area contributed by atoms with Crippen LogP contribution in [0.25, 0.3) is 0 Å². The highest BCUT2D eigenvalue weighted by atomic mass is 32.2. The molecular weight excluding hydrogens is 354 g/mol. The Balaban J connectivity index is 2.29. The number of rotatable bonds is 8. The third-order valence-electron chi connectivity index (χ3n) is 3.50. The predicted octanol–water partition coefficient (Wildman–Crippen LogP) is 3.53. The second-order valence-corrected chi connectivity index (χ2v) is 7.65. The van der Waals surface area contributed by atoms with Crippen molar-refractivity contribution in [1.82, 2.24) is 0 Å². The van der Waals surface area contributed by atoms with Crippen LogP contribution in [0.3, 0.4) is 0 Å². The average Bonchev–Trinajstić information content (AvgIpc) is 2.60. The Morgan fingerprint density at radius 2 is 1.77 bits per heavy atom. The van der Waals surface area contributed by atoms with Crippen molar-refractivity contribution in [1.29, 1.82) is 0 Å². The average molecular weight is 377 g/mol. The SMILES string of the molecule is CCCOc1ccc(C(=O)Nc2ccccc2S(C)(=O)=O)cc1OCC. The fourth-order valence-electron chi connectivity index (χ4n) is 2.34. The lowest BCUT2D eigenvalue weighted by molar-refractivity contribution is 0.102. The molecule has 140 valence electrons. The maximum absolute atomic E-state index is 12.6. The van der Waals surface area contributed by atoms with Crippen molar-refractivity contribution in [2.24, 2.45) is 0 Å². The van der Waals surface area contributed by atoms with Gasteiger partial charge in [0.05, 0.1) is 23.8 Å². The van der Waals surface area contributed by atoms with E-state index in [4.69, 9.17) is 9.47 Å². The molecule has 0 aromatic heterocycles. The molecule has 0 fully saturated rings. The van der Waals surface area contributed by atoms with Crippen LogP contribution in [-0.4, -0.2) is 33.8 Å². The summed E-state index contributed by atoms with van der Waals surface area (Å²) in [5, 5.41) is 2.65. The Morgan fingerprint density at radius 3 is 2.42 bits per heavy atom. The molecular formula is C19H23NO5S. The van der Waals surface area contributed by atoms with Crippen molar-refractivity contribution in [3.05, 3.63) is 48.0 Å². The number of anilines is 1. The van der Waals surface area contributed by atoms with Crippen molar-refractivity contribution in [3.8, 4) is 11.5 Å². The molecule has 0 aliphatic carbocycles. The van der Waals surface area contributed by atoms with Crippen molar-refractivity contribution in [3.63, 3.8) is 0 Å². The molecule has 0 atom stereocenters. The molecule has 0 radical (unpaired) electrons. The van der Waals surface area contributed by atoms with E-state index in [1.165, 1.54) is 6.07 Å². The van der Waals surface area contributed by atoms with E-state index in [1.807, 2.05) is 13.8 Å². The van der Waals surface area contributed by atoms with E-state index in [0.29, 0.717) is 30.3 Å². The predicted molar refractivity (Wildman–Crippen MR) is 101 cm³/mol. The standard InChI is InChI=1S/C19H23NO5S/c1-4-12-25-16-11-10-14(13-17(16)24-5-2)19(21)20-15-8-6-7-9-18(15)26(3,22)23/h6-11,13H,4-5,12H2,1-3H3,(H,20,21). The van der Waals surface area contributed by atoms with E-state index in [1.54, 1.807) is 36.4 Å². The number of hydrogen-bond donors (Lipinski definition) is 1. The van der Waals surface area contributed by atoms with Gasteiger partial charge >= 0.3 is 0 Å². The Morgan fingerprint density at radius 1 is 1.04 bits per heavy atom. The number of ether oxygens (including phenoxy) is 2. The first kappa shape index (κ1) is 19.8. The van der Waals surface area contributed by atoms with Gasteiger partial charge in [-0.15, -0.1) is 0 Å². The summed E-state index contributed by atoms with van der Waals surface area (Å²) in [6.07, 6.45) is 1.96. The third kappa shape index (κ3) is 4.98. The summed E-state index contributed by atoms with van der Waals surface area (Å²) in [7, 11) is -3.45. The highest BCUT2D eigenvalue weighted by Crippen LogP contribution is 2.29. The normalized spacial score (nSPS) is 11.0. The molecule has 0 saturated heterocycles. The minimum Gasteiger partial charge on any atom is -0.490 e. The van der Waals surface area contributed by atoms with Gasteiger partial charge in [0.25, 0.3) is 5.91 Å². The van der Waals surface area contributed by atoms with E-state index in [9.17, 15) is 13.2 Å². The molecule has 26 heavy (non-hydrogen) atoms. The van der Waals surface area contributed by atoms with Gasteiger partial charge in [0.1, 0.15) is 0 Å².